The highest BCUT2D eigenvalue weighted by Gasteiger charge is 2.23. The number of nitrogens with zero attached hydrogens (tertiary/aromatic N) is 1. The standard InChI is InChI=1S/C12H12F2N2O5/c13-9-6(4-5-15-10(9)14)11(19)16-7(12(20)21)2-1-3-8(17)18/h4-5,7H,1-3H2,(H,16,19)(H,17,18)(H,20,21)/t7-/m1/s1. The lowest BCUT2D eigenvalue weighted by molar-refractivity contribution is -0.140. The smallest absolute Gasteiger partial charge is 0.326 e. The number of hydrogen-bond acceptors (Lipinski definition) is 4. The van der Waals surface area contributed by atoms with Gasteiger partial charge in [0.05, 0.1) is 5.56 Å². The zero-order valence-electron chi connectivity index (χ0n) is 10.7. The van der Waals surface area contributed by atoms with E-state index in [4.69, 9.17) is 10.2 Å². The van der Waals surface area contributed by atoms with Crippen LogP contribution in [-0.4, -0.2) is 39.1 Å². The number of aliphatic carboxylic acids is 2. The molecule has 3 N–H and O–H groups in total. The van der Waals surface area contributed by atoms with Gasteiger partial charge in [-0.1, -0.05) is 0 Å². The van der Waals surface area contributed by atoms with Gasteiger partial charge in [-0.3, -0.25) is 9.59 Å². The molecular weight excluding hydrogens is 290 g/mol. The SMILES string of the molecule is O=C(O)CCC[C@@H](NC(=O)c1ccnc(F)c1F)C(=O)O. The summed E-state index contributed by atoms with van der Waals surface area (Å²) in [6, 6.07) is -0.489. The van der Waals surface area contributed by atoms with Crippen LogP contribution < -0.4 is 5.32 Å². The summed E-state index contributed by atoms with van der Waals surface area (Å²) in [6.45, 7) is 0. The van der Waals surface area contributed by atoms with Crippen molar-refractivity contribution in [2.24, 2.45) is 0 Å². The van der Waals surface area contributed by atoms with Crippen molar-refractivity contribution in [1.29, 1.82) is 0 Å². The average molecular weight is 302 g/mol. The summed E-state index contributed by atoms with van der Waals surface area (Å²) < 4.78 is 26.2. The summed E-state index contributed by atoms with van der Waals surface area (Å²) in [5, 5.41) is 19.4. The number of carbonyl (C=O) groups excluding carboxylic acids is 1. The van der Waals surface area contributed by atoms with Gasteiger partial charge in [0.15, 0.2) is 5.82 Å². The van der Waals surface area contributed by atoms with E-state index in [1.54, 1.807) is 0 Å². The van der Waals surface area contributed by atoms with Gasteiger partial charge in [-0.25, -0.2) is 14.2 Å². The van der Waals surface area contributed by atoms with E-state index in [1.165, 1.54) is 0 Å². The number of aromatic nitrogens is 1. The molecule has 0 radical (unpaired) electrons. The Morgan fingerprint density at radius 1 is 1.29 bits per heavy atom. The highest BCUT2D eigenvalue weighted by molar-refractivity contribution is 5.96. The number of pyridine rings is 1. The molecule has 1 aromatic rings. The van der Waals surface area contributed by atoms with Crippen molar-refractivity contribution < 1.29 is 33.4 Å². The third kappa shape index (κ3) is 4.79. The predicted octanol–water partition coefficient (Wildman–Crippen LogP) is 0.798. The second-order valence-corrected chi connectivity index (χ2v) is 4.11. The molecule has 0 saturated heterocycles. The second-order valence-electron chi connectivity index (χ2n) is 4.11. The van der Waals surface area contributed by atoms with Crippen molar-refractivity contribution in [2.75, 3.05) is 0 Å². The molecule has 0 spiro atoms. The molecule has 1 atom stereocenters. The molecule has 1 rings (SSSR count). The molecule has 21 heavy (non-hydrogen) atoms. The molecule has 7 nitrogen and oxygen atoms in total. The lowest BCUT2D eigenvalue weighted by Gasteiger charge is -2.14. The van der Waals surface area contributed by atoms with Gasteiger partial charge in [0.1, 0.15) is 6.04 Å². The molecule has 0 fully saturated rings. The van der Waals surface area contributed by atoms with Crippen LogP contribution in [0.4, 0.5) is 8.78 Å². The highest BCUT2D eigenvalue weighted by Crippen LogP contribution is 2.10. The molecule has 0 aromatic carbocycles. The van der Waals surface area contributed by atoms with Gasteiger partial charge in [0, 0.05) is 12.6 Å². The molecule has 9 heteroatoms. The van der Waals surface area contributed by atoms with Crippen LogP contribution in [0.25, 0.3) is 0 Å². The van der Waals surface area contributed by atoms with Crippen LogP contribution in [0.1, 0.15) is 29.6 Å². The van der Waals surface area contributed by atoms with Crippen molar-refractivity contribution in [2.45, 2.75) is 25.3 Å². The molecule has 0 aliphatic carbocycles. The molecule has 1 aromatic heterocycles. The number of rotatable bonds is 7. The fraction of sp³-hybridized carbons (Fsp3) is 0.333. The highest BCUT2D eigenvalue weighted by atomic mass is 19.2. The Morgan fingerprint density at radius 2 is 1.95 bits per heavy atom. The number of carboxylic acids is 2. The van der Waals surface area contributed by atoms with E-state index in [9.17, 15) is 23.2 Å². The van der Waals surface area contributed by atoms with E-state index in [1.807, 2.05) is 5.32 Å². The predicted molar refractivity (Wildman–Crippen MR) is 64.5 cm³/mol. The number of nitrogens with one attached hydrogen (secondary N) is 1. The van der Waals surface area contributed by atoms with E-state index in [2.05, 4.69) is 4.98 Å². The molecule has 1 amide bonds. The summed E-state index contributed by atoms with van der Waals surface area (Å²) in [5.74, 6) is -6.57. The zero-order valence-corrected chi connectivity index (χ0v) is 10.7. The molecule has 1 heterocycles. The summed E-state index contributed by atoms with van der Waals surface area (Å²) >= 11 is 0. The van der Waals surface area contributed by atoms with Gasteiger partial charge in [-0.05, 0) is 18.9 Å². The van der Waals surface area contributed by atoms with E-state index >= 15 is 0 Å². The van der Waals surface area contributed by atoms with Crippen LogP contribution in [-0.2, 0) is 9.59 Å². The number of halogens is 2. The summed E-state index contributed by atoms with van der Waals surface area (Å²) in [5.41, 5.74) is -0.674. The van der Waals surface area contributed by atoms with Crippen LogP contribution >= 0.6 is 0 Å². The minimum atomic E-state index is -1.48. The minimum Gasteiger partial charge on any atom is -0.481 e. The van der Waals surface area contributed by atoms with Crippen molar-refractivity contribution in [3.63, 3.8) is 0 Å². The first-order chi connectivity index (χ1) is 9.82. The first-order valence-corrected chi connectivity index (χ1v) is 5.88. The van der Waals surface area contributed by atoms with Crippen molar-refractivity contribution in [3.8, 4) is 0 Å². The van der Waals surface area contributed by atoms with Gasteiger partial charge in [-0.15, -0.1) is 0 Å². The number of carboxylic acid groups (broad SMARTS) is 2. The fourth-order valence-electron chi connectivity index (χ4n) is 1.54. The summed E-state index contributed by atoms with van der Waals surface area (Å²) in [7, 11) is 0. The Morgan fingerprint density at radius 3 is 2.52 bits per heavy atom. The van der Waals surface area contributed by atoms with Crippen LogP contribution in [0.2, 0.25) is 0 Å². The fourth-order valence-corrected chi connectivity index (χ4v) is 1.54. The molecular formula is C12H12F2N2O5. The van der Waals surface area contributed by atoms with Crippen molar-refractivity contribution >= 4 is 17.8 Å². The molecule has 0 aliphatic heterocycles. The maximum atomic E-state index is 13.3. The topological polar surface area (TPSA) is 117 Å². The van der Waals surface area contributed by atoms with E-state index in [0.29, 0.717) is 0 Å². The number of carbonyl (C=O) groups is 3. The Labute approximate surface area is 117 Å². The quantitative estimate of drug-likeness (QED) is 0.641. The maximum Gasteiger partial charge on any atom is 0.326 e. The third-order valence-electron chi connectivity index (χ3n) is 2.58. The molecule has 0 aliphatic rings. The summed E-state index contributed by atoms with van der Waals surface area (Å²) in [4.78, 5) is 36.0. The van der Waals surface area contributed by atoms with E-state index in [-0.39, 0.29) is 19.3 Å². The molecule has 0 saturated carbocycles. The number of hydrogen-bond donors (Lipinski definition) is 3. The zero-order chi connectivity index (χ0) is 16.0. The Kier molecular flexibility index (Phi) is 5.70. The van der Waals surface area contributed by atoms with Crippen LogP contribution in [0.3, 0.4) is 0 Å². The lowest BCUT2D eigenvalue weighted by Crippen LogP contribution is -2.41. The lowest BCUT2D eigenvalue weighted by atomic mass is 10.1. The molecule has 114 valence electrons. The molecule has 0 bridgehead atoms. The van der Waals surface area contributed by atoms with Crippen LogP contribution in [0.15, 0.2) is 12.3 Å². The van der Waals surface area contributed by atoms with E-state index in [0.717, 1.165) is 12.3 Å². The van der Waals surface area contributed by atoms with Gasteiger partial charge in [0.2, 0.25) is 5.95 Å². The largest absolute Gasteiger partial charge is 0.481 e. The minimum absolute atomic E-state index is 0.0137. The van der Waals surface area contributed by atoms with Crippen LogP contribution in [0.5, 0.6) is 0 Å². The van der Waals surface area contributed by atoms with Gasteiger partial charge in [-0.2, -0.15) is 4.39 Å². The first kappa shape index (κ1) is 16.5. The van der Waals surface area contributed by atoms with Crippen molar-refractivity contribution in [1.82, 2.24) is 10.3 Å². The Hall–Kier alpha value is -2.58. The first-order valence-electron chi connectivity index (χ1n) is 5.88. The normalized spacial score (nSPS) is 11.7. The number of amides is 1. The van der Waals surface area contributed by atoms with Gasteiger partial charge in [0.25, 0.3) is 5.91 Å². The van der Waals surface area contributed by atoms with Gasteiger partial charge >= 0.3 is 11.9 Å². The van der Waals surface area contributed by atoms with Gasteiger partial charge < -0.3 is 15.5 Å². The Bertz CT molecular complexity index is 565. The monoisotopic (exact) mass is 302 g/mol. The maximum absolute atomic E-state index is 13.3. The van der Waals surface area contributed by atoms with Crippen LogP contribution in [0, 0.1) is 11.8 Å². The van der Waals surface area contributed by atoms with E-state index < -0.39 is 41.2 Å². The third-order valence-corrected chi connectivity index (χ3v) is 2.58. The molecule has 0 unspecified atom stereocenters. The summed E-state index contributed by atoms with van der Waals surface area (Å²) in [6.07, 6.45) is 0.466. The second kappa shape index (κ2) is 7.27. The van der Waals surface area contributed by atoms with Crippen molar-refractivity contribution in [3.05, 3.63) is 29.6 Å². The average Bonchev–Trinajstić information content (AvgIpc) is 2.40. The Balaban J connectivity index is 2.74.